The van der Waals surface area contributed by atoms with Crippen LogP contribution in [0.1, 0.15) is 24.1 Å². The maximum atomic E-state index is 13.0. The van der Waals surface area contributed by atoms with Gasteiger partial charge in [0.05, 0.1) is 13.0 Å². The Hall–Kier alpha value is -2.38. The molecule has 0 unspecified atom stereocenters. The van der Waals surface area contributed by atoms with Gasteiger partial charge in [0.25, 0.3) is 0 Å². The first-order chi connectivity index (χ1) is 15.7. The second-order valence-corrected chi connectivity index (χ2v) is 9.60. The first-order valence-corrected chi connectivity index (χ1v) is 12.6. The Morgan fingerprint density at radius 3 is 2.34 bits per heavy atom. The van der Waals surface area contributed by atoms with E-state index in [0.29, 0.717) is 26.1 Å². The largest absolute Gasteiger partial charge is 0.493 e. The van der Waals surface area contributed by atoms with E-state index in [0.717, 1.165) is 57.7 Å². The average molecular weight is 456 g/mol. The highest BCUT2D eigenvalue weighted by Crippen LogP contribution is 2.21. The molecule has 0 spiro atoms. The summed E-state index contributed by atoms with van der Waals surface area (Å²) < 4.78 is 5.64. The minimum absolute atomic E-state index is 0.0530. The predicted octanol–water partition coefficient (Wildman–Crippen LogP) is 3.14. The fraction of sp³-hybridized carbons (Fsp3) is 0.520. The lowest BCUT2D eigenvalue weighted by Gasteiger charge is -2.38. The van der Waals surface area contributed by atoms with Crippen LogP contribution in [-0.4, -0.2) is 78.9 Å². The molecular formula is C25H33N3O3S. The topological polar surface area (TPSA) is 53.1 Å². The van der Waals surface area contributed by atoms with Crippen LogP contribution in [0, 0.1) is 5.92 Å². The van der Waals surface area contributed by atoms with Crippen molar-refractivity contribution < 1.29 is 14.3 Å². The van der Waals surface area contributed by atoms with Gasteiger partial charge in [0.15, 0.2) is 0 Å². The number of piperazine rings is 1. The zero-order valence-corrected chi connectivity index (χ0v) is 19.5. The average Bonchev–Trinajstić information content (AvgIpc) is 3.37. The zero-order chi connectivity index (χ0) is 22.2. The number of para-hydroxylation sites is 1. The molecule has 6 nitrogen and oxygen atoms in total. The van der Waals surface area contributed by atoms with Gasteiger partial charge in [0.2, 0.25) is 11.8 Å². The smallest absolute Gasteiger partial charge is 0.225 e. The van der Waals surface area contributed by atoms with Crippen molar-refractivity contribution in [2.75, 3.05) is 52.4 Å². The summed E-state index contributed by atoms with van der Waals surface area (Å²) >= 11 is 1.81. The SMILES string of the molecule is O=C(CCOc1ccccc1)N1CCC(C(=O)N2CCN(CCc3cccs3)CC2)CC1. The molecule has 3 heterocycles. The van der Waals surface area contributed by atoms with E-state index in [2.05, 4.69) is 22.4 Å². The van der Waals surface area contributed by atoms with Crippen molar-refractivity contribution in [1.29, 1.82) is 0 Å². The molecule has 1 aromatic heterocycles. The lowest BCUT2D eigenvalue weighted by molar-refractivity contribution is -0.142. The number of rotatable bonds is 8. The maximum Gasteiger partial charge on any atom is 0.225 e. The van der Waals surface area contributed by atoms with Gasteiger partial charge in [-0.3, -0.25) is 14.5 Å². The molecule has 0 atom stereocenters. The Bertz CT molecular complexity index is 843. The van der Waals surface area contributed by atoms with E-state index >= 15 is 0 Å². The van der Waals surface area contributed by atoms with Crippen LogP contribution in [0.2, 0.25) is 0 Å². The summed E-state index contributed by atoms with van der Waals surface area (Å²) in [6, 6.07) is 13.9. The Morgan fingerprint density at radius 2 is 1.66 bits per heavy atom. The molecule has 2 fully saturated rings. The molecule has 0 N–H and O–H groups in total. The van der Waals surface area contributed by atoms with E-state index in [1.807, 2.05) is 51.5 Å². The Morgan fingerprint density at radius 1 is 0.906 bits per heavy atom. The number of carbonyl (C=O) groups excluding carboxylic acids is 2. The molecule has 4 rings (SSSR count). The van der Waals surface area contributed by atoms with Gasteiger partial charge < -0.3 is 14.5 Å². The molecule has 2 amide bonds. The van der Waals surface area contributed by atoms with Crippen molar-refractivity contribution >= 4 is 23.2 Å². The molecule has 0 saturated carbocycles. The van der Waals surface area contributed by atoms with Crippen LogP contribution in [0.5, 0.6) is 5.75 Å². The zero-order valence-electron chi connectivity index (χ0n) is 18.7. The highest BCUT2D eigenvalue weighted by atomic mass is 32.1. The van der Waals surface area contributed by atoms with Crippen LogP contribution in [0.4, 0.5) is 0 Å². The summed E-state index contributed by atoms with van der Waals surface area (Å²) in [6.07, 6.45) is 3.00. The summed E-state index contributed by atoms with van der Waals surface area (Å²) in [5, 5.41) is 2.13. The third-order valence-corrected chi connectivity index (χ3v) is 7.40. The fourth-order valence-corrected chi connectivity index (χ4v) is 5.18. The summed E-state index contributed by atoms with van der Waals surface area (Å²) in [5.74, 6) is 1.24. The van der Waals surface area contributed by atoms with Gasteiger partial charge in [-0.05, 0) is 42.8 Å². The summed E-state index contributed by atoms with van der Waals surface area (Å²) in [5.41, 5.74) is 0. The number of hydrogen-bond acceptors (Lipinski definition) is 5. The normalized spacial score (nSPS) is 18.0. The van der Waals surface area contributed by atoms with Gasteiger partial charge in [-0.25, -0.2) is 0 Å². The number of ether oxygens (including phenoxy) is 1. The van der Waals surface area contributed by atoms with Gasteiger partial charge in [-0.15, -0.1) is 11.3 Å². The van der Waals surface area contributed by atoms with Gasteiger partial charge >= 0.3 is 0 Å². The third-order valence-electron chi connectivity index (χ3n) is 6.46. The van der Waals surface area contributed by atoms with Crippen LogP contribution in [0.25, 0.3) is 0 Å². The van der Waals surface area contributed by atoms with E-state index in [-0.39, 0.29) is 17.7 Å². The van der Waals surface area contributed by atoms with Crippen LogP contribution in [0.3, 0.4) is 0 Å². The minimum atomic E-state index is 0.0530. The van der Waals surface area contributed by atoms with E-state index in [4.69, 9.17) is 4.74 Å². The molecule has 7 heteroatoms. The molecule has 0 bridgehead atoms. The van der Waals surface area contributed by atoms with Crippen molar-refractivity contribution in [3.63, 3.8) is 0 Å². The molecular weight excluding hydrogens is 422 g/mol. The van der Waals surface area contributed by atoms with Gasteiger partial charge in [0, 0.05) is 56.6 Å². The number of hydrogen-bond donors (Lipinski definition) is 0. The van der Waals surface area contributed by atoms with Crippen LogP contribution < -0.4 is 4.74 Å². The first kappa shape index (κ1) is 22.8. The van der Waals surface area contributed by atoms with Gasteiger partial charge in [-0.2, -0.15) is 0 Å². The Balaban J connectivity index is 1.13. The van der Waals surface area contributed by atoms with Gasteiger partial charge in [-0.1, -0.05) is 24.3 Å². The summed E-state index contributed by atoms with van der Waals surface area (Å²) in [7, 11) is 0. The van der Waals surface area contributed by atoms with Gasteiger partial charge in [0.1, 0.15) is 5.75 Å². The number of carbonyl (C=O) groups is 2. The van der Waals surface area contributed by atoms with E-state index in [9.17, 15) is 9.59 Å². The number of thiophene rings is 1. The maximum absolute atomic E-state index is 13.0. The number of likely N-dealkylation sites (tertiary alicyclic amines) is 1. The van der Waals surface area contributed by atoms with E-state index in [1.165, 1.54) is 4.88 Å². The third kappa shape index (κ3) is 6.33. The van der Waals surface area contributed by atoms with Crippen molar-refractivity contribution in [2.24, 2.45) is 5.92 Å². The summed E-state index contributed by atoms with van der Waals surface area (Å²) in [6.45, 7) is 6.34. The highest BCUT2D eigenvalue weighted by Gasteiger charge is 2.31. The van der Waals surface area contributed by atoms with Crippen molar-refractivity contribution in [3.8, 4) is 5.75 Å². The lowest BCUT2D eigenvalue weighted by Crippen LogP contribution is -2.52. The minimum Gasteiger partial charge on any atom is -0.493 e. The molecule has 2 saturated heterocycles. The fourth-order valence-electron chi connectivity index (χ4n) is 4.48. The van der Waals surface area contributed by atoms with E-state index in [1.54, 1.807) is 0 Å². The number of benzene rings is 1. The quantitative estimate of drug-likeness (QED) is 0.614. The number of amides is 2. The summed E-state index contributed by atoms with van der Waals surface area (Å²) in [4.78, 5) is 33.3. The van der Waals surface area contributed by atoms with E-state index < -0.39 is 0 Å². The van der Waals surface area contributed by atoms with Crippen LogP contribution >= 0.6 is 11.3 Å². The molecule has 32 heavy (non-hydrogen) atoms. The molecule has 0 radical (unpaired) electrons. The first-order valence-electron chi connectivity index (χ1n) is 11.7. The molecule has 2 aliphatic heterocycles. The standard InChI is InChI=1S/C25H33N3O3S/c29-24(11-19-31-22-5-2-1-3-6-22)27-13-8-21(9-14-27)25(30)28-17-15-26(16-18-28)12-10-23-7-4-20-32-23/h1-7,20-21H,8-19H2. The van der Waals surface area contributed by atoms with Crippen molar-refractivity contribution in [1.82, 2.24) is 14.7 Å². The molecule has 2 aromatic rings. The number of piperidine rings is 1. The monoisotopic (exact) mass is 455 g/mol. The van der Waals surface area contributed by atoms with Crippen LogP contribution in [-0.2, 0) is 16.0 Å². The highest BCUT2D eigenvalue weighted by molar-refractivity contribution is 7.09. The predicted molar refractivity (Wildman–Crippen MR) is 127 cm³/mol. The molecule has 2 aliphatic rings. The molecule has 0 aliphatic carbocycles. The number of nitrogens with zero attached hydrogens (tertiary/aromatic N) is 3. The second-order valence-electron chi connectivity index (χ2n) is 8.56. The van der Waals surface area contributed by atoms with Crippen LogP contribution in [0.15, 0.2) is 47.8 Å². The Labute approximate surface area is 194 Å². The Kier molecular flexibility index (Phi) is 8.18. The lowest BCUT2D eigenvalue weighted by atomic mass is 9.94. The molecule has 1 aromatic carbocycles. The second kappa shape index (κ2) is 11.5. The molecule has 172 valence electrons. The van der Waals surface area contributed by atoms with Crippen molar-refractivity contribution in [2.45, 2.75) is 25.7 Å². The van der Waals surface area contributed by atoms with Crippen molar-refractivity contribution in [3.05, 3.63) is 52.7 Å².